The minimum atomic E-state index is 0.250. The molecular weight excluding hydrogens is 222 g/mol. The molecule has 0 spiro atoms. The van der Waals surface area contributed by atoms with Gasteiger partial charge in [0.25, 0.3) is 0 Å². The standard InChI is InChI=1S/C15H16.CH3NO/c1-13(15-10-6-3-7-11-15)12-14-8-4-2-5-9-14;2-1-3/h2-11,13H,12H2,1H3;1H,(H2,2,3). The predicted octanol–water partition coefficient (Wildman–Crippen LogP) is 3.13. The van der Waals surface area contributed by atoms with Crippen molar-refractivity contribution < 1.29 is 4.79 Å². The van der Waals surface area contributed by atoms with Gasteiger partial charge in [-0.05, 0) is 23.5 Å². The van der Waals surface area contributed by atoms with E-state index in [1.165, 1.54) is 11.1 Å². The Hall–Kier alpha value is -2.09. The van der Waals surface area contributed by atoms with Crippen LogP contribution in [0.25, 0.3) is 0 Å². The number of rotatable bonds is 3. The molecule has 2 rings (SSSR count). The fourth-order valence-corrected chi connectivity index (χ4v) is 1.87. The maximum atomic E-state index is 8.58. The highest BCUT2D eigenvalue weighted by Crippen LogP contribution is 2.19. The number of benzene rings is 2. The summed E-state index contributed by atoms with van der Waals surface area (Å²) in [5, 5.41) is 0. The molecule has 2 heteroatoms. The molecule has 2 aromatic rings. The highest BCUT2D eigenvalue weighted by atomic mass is 16.1. The maximum Gasteiger partial charge on any atom is 0.204 e. The van der Waals surface area contributed by atoms with Crippen molar-refractivity contribution >= 4 is 6.41 Å². The molecule has 2 N–H and O–H groups in total. The van der Waals surface area contributed by atoms with Crippen LogP contribution >= 0.6 is 0 Å². The number of nitrogens with two attached hydrogens (primary N) is 1. The van der Waals surface area contributed by atoms with Crippen LogP contribution in [-0.4, -0.2) is 6.41 Å². The summed E-state index contributed by atoms with van der Waals surface area (Å²) in [5.74, 6) is 0.591. The predicted molar refractivity (Wildman–Crippen MR) is 75.3 cm³/mol. The molecule has 0 aliphatic heterocycles. The van der Waals surface area contributed by atoms with Crippen molar-refractivity contribution in [3.05, 3.63) is 71.8 Å². The van der Waals surface area contributed by atoms with Crippen molar-refractivity contribution in [3.8, 4) is 0 Å². The zero-order chi connectivity index (χ0) is 13.2. The monoisotopic (exact) mass is 241 g/mol. The lowest BCUT2D eigenvalue weighted by Crippen LogP contribution is -1.97. The van der Waals surface area contributed by atoms with Crippen molar-refractivity contribution in [2.75, 3.05) is 0 Å². The third-order valence-electron chi connectivity index (χ3n) is 2.75. The first kappa shape index (κ1) is 14.0. The highest BCUT2D eigenvalue weighted by Gasteiger charge is 2.04. The van der Waals surface area contributed by atoms with Crippen molar-refractivity contribution in [2.24, 2.45) is 5.73 Å². The molecule has 0 saturated heterocycles. The summed E-state index contributed by atoms with van der Waals surface area (Å²) in [4.78, 5) is 8.58. The summed E-state index contributed by atoms with van der Waals surface area (Å²) in [6, 6.07) is 21.4. The van der Waals surface area contributed by atoms with Crippen molar-refractivity contribution in [1.29, 1.82) is 0 Å². The van der Waals surface area contributed by atoms with Crippen molar-refractivity contribution in [3.63, 3.8) is 0 Å². The van der Waals surface area contributed by atoms with Gasteiger partial charge in [0, 0.05) is 0 Å². The van der Waals surface area contributed by atoms with Crippen LogP contribution in [0.5, 0.6) is 0 Å². The number of carbonyl (C=O) groups excluding carboxylic acids is 1. The fourth-order valence-electron chi connectivity index (χ4n) is 1.87. The smallest absolute Gasteiger partial charge is 0.204 e. The molecule has 0 aliphatic rings. The van der Waals surface area contributed by atoms with E-state index in [0.717, 1.165) is 6.42 Å². The fraction of sp³-hybridized carbons (Fsp3) is 0.188. The number of amides is 1. The number of hydrogen-bond donors (Lipinski definition) is 1. The Balaban J connectivity index is 0.000000492. The Bertz CT molecular complexity index is 439. The van der Waals surface area contributed by atoms with Gasteiger partial charge in [0.1, 0.15) is 0 Å². The quantitative estimate of drug-likeness (QED) is 0.824. The molecule has 0 fully saturated rings. The molecule has 2 nitrogen and oxygen atoms in total. The van der Waals surface area contributed by atoms with Gasteiger partial charge in [-0.15, -0.1) is 0 Å². The Morgan fingerprint density at radius 2 is 1.44 bits per heavy atom. The van der Waals surface area contributed by atoms with Gasteiger partial charge in [-0.2, -0.15) is 0 Å². The SMILES string of the molecule is CC(Cc1ccccc1)c1ccccc1.NC=O. The van der Waals surface area contributed by atoms with Gasteiger partial charge in [0.2, 0.25) is 6.41 Å². The summed E-state index contributed by atoms with van der Waals surface area (Å²) in [6.45, 7) is 2.28. The lowest BCUT2D eigenvalue weighted by molar-refractivity contribution is -0.106. The first-order valence-electron chi connectivity index (χ1n) is 6.02. The van der Waals surface area contributed by atoms with E-state index in [9.17, 15) is 0 Å². The summed E-state index contributed by atoms with van der Waals surface area (Å²) in [5.41, 5.74) is 7.00. The third kappa shape index (κ3) is 4.83. The summed E-state index contributed by atoms with van der Waals surface area (Å²) >= 11 is 0. The topological polar surface area (TPSA) is 43.1 Å². The molecule has 0 radical (unpaired) electrons. The van der Waals surface area contributed by atoms with Crippen molar-refractivity contribution in [1.82, 2.24) is 0 Å². The van der Waals surface area contributed by atoms with E-state index in [-0.39, 0.29) is 6.41 Å². The van der Waals surface area contributed by atoms with Gasteiger partial charge in [0.05, 0.1) is 0 Å². The Morgan fingerprint density at radius 3 is 1.94 bits per heavy atom. The van der Waals surface area contributed by atoms with Gasteiger partial charge < -0.3 is 5.73 Å². The average Bonchev–Trinajstić information content (AvgIpc) is 2.42. The number of carbonyl (C=O) groups is 1. The van der Waals surface area contributed by atoms with Gasteiger partial charge in [0.15, 0.2) is 0 Å². The molecule has 0 saturated carbocycles. The van der Waals surface area contributed by atoms with Gasteiger partial charge in [-0.3, -0.25) is 4.79 Å². The number of hydrogen-bond acceptors (Lipinski definition) is 1. The lowest BCUT2D eigenvalue weighted by atomic mass is 9.94. The second kappa shape index (κ2) is 8.07. The first-order valence-corrected chi connectivity index (χ1v) is 6.02. The van der Waals surface area contributed by atoms with E-state index in [0.29, 0.717) is 5.92 Å². The third-order valence-corrected chi connectivity index (χ3v) is 2.75. The molecule has 0 bridgehead atoms. The minimum Gasteiger partial charge on any atom is -0.372 e. The van der Waals surface area contributed by atoms with Crippen LogP contribution in [0, 0.1) is 0 Å². The molecule has 1 atom stereocenters. The van der Waals surface area contributed by atoms with E-state index in [4.69, 9.17) is 4.79 Å². The maximum absolute atomic E-state index is 8.58. The lowest BCUT2D eigenvalue weighted by Gasteiger charge is -2.11. The van der Waals surface area contributed by atoms with Crippen LogP contribution in [0.2, 0.25) is 0 Å². The van der Waals surface area contributed by atoms with Crippen LogP contribution < -0.4 is 5.73 Å². The Morgan fingerprint density at radius 1 is 1.00 bits per heavy atom. The Labute approximate surface area is 108 Å². The van der Waals surface area contributed by atoms with Gasteiger partial charge in [-0.1, -0.05) is 67.6 Å². The molecule has 0 heterocycles. The van der Waals surface area contributed by atoms with Crippen molar-refractivity contribution in [2.45, 2.75) is 19.3 Å². The molecule has 1 unspecified atom stereocenters. The molecule has 0 aromatic heterocycles. The molecule has 2 aromatic carbocycles. The van der Waals surface area contributed by atoms with Crippen LogP contribution in [0.15, 0.2) is 60.7 Å². The second-order valence-electron chi connectivity index (χ2n) is 4.14. The highest BCUT2D eigenvalue weighted by molar-refractivity contribution is 5.42. The molecule has 18 heavy (non-hydrogen) atoms. The largest absolute Gasteiger partial charge is 0.372 e. The molecule has 0 aliphatic carbocycles. The van der Waals surface area contributed by atoms with E-state index in [2.05, 4.69) is 73.3 Å². The first-order chi connectivity index (χ1) is 8.77. The second-order valence-corrected chi connectivity index (χ2v) is 4.14. The van der Waals surface area contributed by atoms with E-state index in [1.54, 1.807) is 0 Å². The normalized spacial score (nSPS) is 10.9. The molecule has 94 valence electrons. The minimum absolute atomic E-state index is 0.250. The van der Waals surface area contributed by atoms with E-state index in [1.807, 2.05) is 0 Å². The van der Waals surface area contributed by atoms with E-state index >= 15 is 0 Å². The van der Waals surface area contributed by atoms with Crippen LogP contribution in [0.1, 0.15) is 24.0 Å². The van der Waals surface area contributed by atoms with Gasteiger partial charge in [-0.25, -0.2) is 0 Å². The number of primary amides is 1. The summed E-state index contributed by atoms with van der Waals surface area (Å²) < 4.78 is 0. The van der Waals surface area contributed by atoms with Crippen LogP contribution in [0.3, 0.4) is 0 Å². The Kier molecular flexibility index (Phi) is 6.26. The molecular formula is C16H19NO. The van der Waals surface area contributed by atoms with Gasteiger partial charge >= 0.3 is 0 Å². The van der Waals surface area contributed by atoms with Crippen LogP contribution in [0.4, 0.5) is 0 Å². The average molecular weight is 241 g/mol. The summed E-state index contributed by atoms with van der Waals surface area (Å²) in [7, 11) is 0. The zero-order valence-corrected chi connectivity index (χ0v) is 10.6. The van der Waals surface area contributed by atoms with E-state index < -0.39 is 0 Å². The summed E-state index contributed by atoms with van der Waals surface area (Å²) in [6.07, 6.45) is 1.37. The molecule has 1 amide bonds. The zero-order valence-electron chi connectivity index (χ0n) is 10.6. The van der Waals surface area contributed by atoms with Crippen LogP contribution in [-0.2, 0) is 11.2 Å².